The number of hydrogen-bond donors (Lipinski definition) is 3. The molecule has 0 bridgehead atoms. The minimum atomic E-state index is -0.379. The summed E-state index contributed by atoms with van der Waals surface area (Å²) in [5.74, 6) is 1.30. The topological polar surface area (TPSA) is 87.4 Å². The van der Waals surface area contributed by atoms with Gasteiger partial charge in [-0.05, 0) is 0 Å². The van der Waals surface area contributed by atoms with Crippen LogP contribution in [0.5, 0.6) is 0 Å². The van der Waals surface area contributed by atoms with Gasteiger partial charge in [0, 0.05) is 44.0 Å². The Labute approximate surface area is 159 Å². The summed E-state index contributed by atoms with van der Waals surface area (Å²) in [7, 11) is 0. The lowest BCUT2D eigenvalue weighted by molar-refractivity contribution is -0.121. The second kappa shape index (κ2) is 10.4. The second-order valence-electron chi connectivity index (χ2n) is 5.77. The second-order valence-corrected chi connectivity index (χ2v) is 5.77. The molecule has 1 aliphatic heterocycles. The van der Waals surface area contributed by atoms with Gasteiger partial charge >= 0.3 is 0 Å². The number of nitrogens with zero attached hydrogens (tertiary/aromatic N) is 1. The van der Waals surface area contributed by atoms with E-state index in [2.05, 4.69) is 15.6 Å². The summed E-state index contributed by atoms with van der Waals surface area (Å²) >= 11 is 0. The van der Waals surface area contributed by atoms with E-state index >= 15 is 0 Å². The minimum Gasteiger partial charge on any atom is -0.441 e. The molecule has 1 aromatic heterocycles. The monoisotopic (exact) mass is 387 g/mol. The number of rotatable bonds is 6. The lowest BCUT2D eigenvalue weighted by Crippen LogP contribution is -2.34. The van der Waals surface area contributed by atoms with Gasteiger partial charge in [0.15, 0.2) is 11.7 Å². The predicted molar refractivity (Wildman–Crippen MR) is 100 cm³/mol. The van der Waals surface area contributed by atoms with Crippen molar-refractivity contribution < 1.29 is 14.3 Å². The molecular weight excluding hydrogens is 365 g/mol. The zero-order valence-electron chi connectivity index (χ0n) is 13.7. The molecule has 0 saturated carbocycles. The lowest BCUT2D eigenvalue weighted by Gasteiger charge is -2.13. The Kier molecular flexibility index (Phi) is 8.92. The molecule has 0 spiro atoms. The Hall–Kier alpha value is -1.60. The highest BCUT2D eigenvalue weighted by Gasteiger charge is 2.24. The molecule has 138 valence electrons. The molecule has 2 aromatic rings. The van der Waals surface area contributed by atoms with Gasteiger partial charge in [-0.1, -0.05) is 30.3 Å². The number of aliphatic hydroxyl groups excluding tert-OH is 1. The highest BCUT2D eigenvalue weighted by molar-refractivity contribution is 5.85. The zero-order valence-corrected chi connectivity index (χ0v) is 15.3. The molecular formula is C17H23Cl2N3O3. The predicted octanol–water partition coefficient (Wildman–Crippen LogP) is 1.81. The molecule has 2 atom stereocenters. The zero-order chi connectivity index (χ0) is 16.1. The third kappa shape index (κ3) is 6.01. The van der Waals surface area contributed by atoms with Gasteiger partial charge in [0.05, 0.1) is 12.3 Å². The Morgan fingerprint density at radius 1 is 1.28 bits per heavy atom. The van der Waals surface area contributed by atoms with Crippen molar-refractivity contribution in [2.45, 2.75) is 18.9 Å². The van der Waals surface area contributed by atoms with Crippen LogP contribution in [0.15, 0.2) is 40.9 Å². The van der Waals surface area contributed by atoms with Crippen molar-refractivity contribution in [3.63, 3.8) is 0 Å². The van der Waals surface area contributed by atoms with Crippen LogP contribution in [0.1, 0.15) is 12.3 Å². The van der Waals surface area contributed by atoms with Gasteiger partial charge in [-0.25, -0.2) is 4.98 Å². The number of carbonyl (C=O) groups excluding carboxylic acids is 1. The lowest BCUT2D eigenvalue weighted by atomic mass is 10.1. The SMILES string of the molecule is Cl.Cl.O=C(CCc1ncc(-c2ccccc2)o1)NCC1CNCC1O. The molecule has 1 aromatic carbocycles. The van der Waals surface area contributed by atoms with Gasteiger partial charge in [0.2, 0.25) is 5.91 Å². The van der Waals surface area contributed by atoms with Crippen molar-refractivity contribution in [2.24, 2.45) is 5.92 Å². The number of aromatic nitrogens is 1. The average molecular weight is 388 g/mol. The van der Waals surface area contributed by atoms with Crippen LogP contribution in [0, 0.1) is 5.92 Å². The fourth-order valence-electron chi connectivity index (χ4n) is 2.64. The summed E-state index contributed by atoms with van der Waals surface area (Å²) in [5.41, 5.74) is 0.971. The van der Waals surface area contributed by atoms with Gasteiger partial charge in [0.25, 0.3) is 0 Å². The number of aliphatic hydroxyl groups is 1. The van der Waals surface area contributed by atoms with Crippen molar-refractivity contribution >= 4 is 30.7 Å². The molecule has 6 nitrogen and oxygen atoms in total. The number of oxazole rings is 1. The first-order valence-electron chi connectivity index (χ1n) is 7.88. The summed E-state index contributed by atoms with van der Waals surface area (Å²) in [5, 5.41) is 15.6. The first kappa shape index (κ1) is 21.4. The van der Waals surface area contributed by atoms with E-state index in [-0.39, 0.29) is 42.7 Å². The molecule has 3 N–H and O–H groups in total. The van der Waals surface area contributed by atoms with E-state index < -0.39 is 0 Å². The fraction of sp³-hybridized carbons (Fsp3) is 0.412. The van der Waals surface area contributed by atoms with E-state index in [1.165, 1.54) is 0 Å². The van der Waals surface area contributed by atoms with Crippen molar-refractivity contribution in [3.05, 3.63) is 42.4 Å². The van der Waals surface area contributed by atoms with Gasteiger partial charge in [0.1, 0.15) is 0 Å². The summed E-state index contributed by atoms with van der Waals surface area (Å²) in [6.07, 6.45) is 2.09. The fourth-order valence-corrected chi connectivity index (χ4v) is 2.64. The molecule has 1 aliphatic rings. The normalized spacial score (nSPS) is 18.9. The van der Waals surface area contributed by atoms with Crippen molar-refractivity contribution in [1.29, 1.82) is 0 Å². The third-order valence-corrected chi connectivity index (χ3v) is 4.04. The maximum absolute atomic E-state index is 11.9. The van der Waals surface area contributed by atoms with Crippen LogP contribution in [0.25, 0.3) is 11.3 Å². The molecule has 25 heavy (non-hydrogen) atoms. The molecule has 2 unspecified atom stereocenters. The molecule has 3 rings (SSSR count). The van der Waals surface area contributed by atoms with Crippen LogP contribution < -0.4 is 10.6 Å². The summed E-state index contributed by atoms with van der Waals surface area (Å²) in [6, 6.07) is 9.74. The van der Waals surface area contributed by atoms with Crippen LogP contribution in [0.4, 0.5) is 0 Å². The molecule has 8 heteroatoms. The van der Waals surface area contributed by atoms with E-state index in [0.29, 0.717) is 37.6 Å². The molecule has 0 radical (unpaired) electrons. The first-order chi connectivity index (χ1) is 11.2. The molecule has 1 fully saturated rings. The molecule has 1 amide bonds. The van der Waals surface area contributed by atoms with Crippen molar-refractivity contribution in [2.75, 3.05) is 19.6 Å². The van der Waals surface area contributed by atoms with E-state index in [9.17, 15) is 9.90 Å². The van der Waals surface area contributed by atoms with Crippen LogP contribution in [-0.4, -0.2) is 41.7 Å². The van der Waals surface area contributed by atoms with E-state index in [1.54, 1.807) is 6.20 Å². The molecule has 1 saturated heterocycles. The van der Waals surface area contributed by atoms with E-state index in [4.69, 9.17) is 4.42 Å². The van der Waals surface area contributed by atoms with Crippen LogP contribution >= 0.6 is 24.8 Å². The number of amides is 1. The number of halogens is 2. The highest BCUT2D eigenvalue weighted by Crippen LogP contribution is 2.20. The largest absolute Gasteiger partial charge is 0.441 e. The van der Waals surface area contributed by atoms with Gasteiger partial charge in [-0.2, -0.15) is 0 Å². The quantitative estimate of drug-likeness (QED) is 0.703. The maximum Gasteiger partial charge on any atom is 0.220 e. The average Bonchev–Trinajstić information content (AvgIpc) is 3.21. The van der Waals surface area contributed by atoms with Crippen molar-refractivity contribution in [1.82, 2.24) is 15.6 Å². The Morgan fingerprint density at radius 3 is 2.72 bits per heavy atom. The van der Waals surface area contributed by atoms with E-state index in [1.807, 2.05) is 30.3 Å². The van der Waals surface area contributed by atoms with Crippen LogP contribution in [0.3, 0.4) is 0 Å². The molecule has 2 heterocycles. The number of β-amino-alcohol motifs (C(OH)–C–C–N with tert-alkyl or cyclic N) is 1. The summed E-state index contributed by atoms with van der Waals surface area (Å²) < 4.78 is 5.67. The summed E-state index contributed by atoms with van der Waals surface area (Å²) in [4.78, 5) is 16.1. The Balaban J connectivity index is 0.00000156. The Morgan fingerprint density at radius 2 is 2.04 bits per heavy atom. The molecule has 0 aliphatic carbocycles. The maximum atomic E-state index is 11.9. The van der Waals surface area contributed by atoms with E-state index in [0.717, 1.165) is 12.1 Å². The standard InChI is InChI=1S/C17H21N3O3.2ClH/c21-14-10-18-8-13(14)9-19-16(22)6-7-17-20-11-15(23-17)12-4-2-1-3-5-12;;/h1-5,11,13-14,18,21H,6-10H2,(H,19,22);2*1H. The van der Waals surface area contributed by atoms with Gasteiger partial charge in [-0.3, -0.25) is 4.79 Å². The van der Waals surface area contributed by atoms with Gasteiger partial charge < -0.3 is 20.2 Å². The van der Waals surface area contributed by atoms with Gasteiger partial charge in [-0.15, -0.1) is 24.8 Å². The van der Waals surface area contributed by atoms with Crippen molar-refractivity contribution in [3.8, 4) is 11.3 Å². The Bertz CT molecular complexity index is 652. The number of nitrogens with one attached hydrogen (secondary N) is 2. The van der Waals surface area contributed by atoms with Crippen LogP contribution in [0.2, 0.25) is 0 Å². The number of aryl methyl sites for hydroxylation is 1. The summed E-state index contributed by atoms with van der Waals surface area (Å²) in [6.45, 7) is 1.83. The smallest absolute Gasteiger partial charge is 0.220 e. The van der Waals surface area contributed by atoms with Crippen LogP contribution in [-0.2, 0) is 11.2 Å². The number of carbonyl (C=O) groups is 1. The number of benzene rings is 1. The first-order valence-corrected chi connectivity index (χ1v) is 7.88. The highest BCUT2D eigenvalue weighted by atomic mass is 35.5. The third-order valence-electron chi connectivity index (χ3n) is 4.04. The minimum absolute atomic E-state index is 0. The number of hydrogen-bond acceptors (Lipinski definition) is 5.